The Bertz CT molecular complexity index is 440. The molecule has 1 heterocycles. The van der Waals surface area contributed by atoms with E-state index in [1.54, 1.807) is 7.05 Å². The zero-order valence-corrected chi connectivity index (χ0v) is 15.8. The van der Waals surface area contributed by atoms with E-state index in [2.05, 4.69) is 13.8 Å². The third kappa shape index (κ3) is 7.50. The van der Waals surface area contributed by atoms with Crippen LogP contribution >= 0.6 is 0 Å². The van der Waals surface area contributed by atoms with Gasteiger partial charge in [-0.2, -0.15) is 0 Å². The van der Waals surface area contributed by atoms with E-state index < -0.39 is 0 Å². The largest absolute Gasteiger partial charge is 0.511 e. The predicted octanol–water partition coefficient (Wildman–Crippen LogP) is 4.79. The van der Waals surface area contributed by atoms with Crippen molar-refractivity contribution >= 4 is 11.7 Å². The molecule has 1 N–H and O–H groups in total. The van der Waals surface area contributed by atoms with Crippen LogP contribution < -0.4 is 0 Å². The molecule has 4 nitrogen and oxygen atoms in total. The van der Waals surface area contributed by atoms with Crippen molar-refractivity contribution in [2.45, 2.75) is 84.5 Å². The van der Waals surface area contributed by atoms with Gasteiger partial charge in [-0.15, -0.1) is 0 Å². The molecule has 4 heteroatoms. The van der Waals surface area contributed by atoms with Crippen LogP contribution in [0.25, 0.3) is 0 Å². The summed E-state index contributed by atoms with van der Waals surface area (Å²) in [5.74, 6) is 0.221. The summed E-state index contributed by atoms with van der Waals surface area (Å²) in [6.45, 7) is 4.66. The molecule has 1 aliphatic rings. The first kappa shape index (κ1) is 20.7. The molecule has 0 saturated carbocycles. The number of nitrogens with zero attached hydrogens (tertiary/aromatic N) is 1. The highest BCUT2D eigenvalue weighted by Crippen LogP contribution is 2.20. The minimum atomic E-state index is -0.338. The quantitative estimate of drug-likeness (QED) is 0.241. The number of carbonyl (C=O) groups is 2. The molecule has 0 unspecified atom stereocenters. The summed E-state index contributed by atoms with van der Waals surface area (Å²) >= 11 is 0. The minimum absolute atomic E-state index is 0.0129. The number of unbranched alkanes of at least 4 members (excludes halogenated alkanes) is 8. The summed E-state index contributed by atoms with van der Waals surface area (Å²) < 4.78 is 0. The second-order valence-corrected chi connectivity index (χ2v) is 7.52. The highest BCUT2D eigenvalue weighted by molar-refractivity contribution is 6.25. The first-order chi connectivity index (χ1) is 11.4. The maximum Gasteiger partial charge on any atom is 0.261 e. The van der Waals surface area contributed by atoms with Crippen LogP contribution in [-0.2, 0) is 9.59 Å². The van der Waals surface area contributed by atoms with Crippen molar-refractivity contribution in [3.63, 3.8) is 0 Å². The van der Waals surface area contributed by atoms with Gasteiger partial charge in [-0.25, -0.2) is 0 Å². The number of carbonyl (C=O) groups excluding carboxylic acids is 2. The highest BCUT2D eigenvalue weighted by Gasteiger charge is 2.33. The normalized spacial score (nSPS) is 17.2. The average Bonchev–Trinajstić information content (AvgIpc) is 2.77. The Balaban J connectivity index is 2.02. The molecular formula is C20H35NO3. The van der Waals surface area contributed by atoms with E-state index in [4.69, 9.17) is 0 Å². The van der Waals surface area contributed by atoms with Crippen LogP contribution in [0.1, 0.15) is 84.5 Å². The molecular weight excluding hydrogens is 302 g/mol. The van der Waals surface area contributed by atoms with E-state index in [-0.39, 0.29) is 29.6 Å². The van der Waals surface area contributed by atoms with E-state index in [1.807, 2.05) is 0 Å². The lowest BCUT2D eigenvalue weighted by molar-refractivity contribution is -0.123. The molecule has 1 amide bonds. The summed E-state index contributed by atoms with van der Waals surface area (Å²) in [5, 5.41) is 9.98. The average molecular weight is 338 g/mol. The number of likely N-dealkylation sites (N-methyl/N-ethyl adjacent to an activating group) is 1. The SMILES string of the molecule is CC(C)CCCCCCCCCCCC(O)=C1C(=O)CN(C)C1=O. The standard InChI is InChI=1S/C20H35NO3/c1-16(2)13-11-9-7-5-4-6-8-10-12-14-17(22)19-18(23)15-21(3)20(19)24/h16,22H,4-15H2,1-3H3. The van der Waals surface area contributed by atoms with Crippen molar-refractivity contribution in [2.75, 3.05) is 13.6 Å². The van der Waals surface area contributed by atoms with E-state index in [9.17, 15) is 14.7 Å². The van der Waals surface area contributed by atoms with Crippen LogP contribution in [0.5, 0.6) is 0 Å². The van der Waals surface area contributed by atoms with Crippen LogP contribution in [0.15, 0.2) is 11.3 Å². The third-order valence-corrected chi connectivity index (χ3v) is 4.70. The van der Waals surface area contributed by atoms with Crippen molar-refractivity contribution in [3.05, 3.63) is 11.3 Å². The van der Waals surface area contributed by atoms with Crippen molar-refractivity contribution in [1.82, 2.24) is 4.90 Å². The number of amides is 1. The zero-order chi connectivity index (χ0) is 17.9. The second-order valence-electron chi connectivity index (χ2n) is 7.52. The summed E-state index contributed by atoms with van der Waals surface area (Å²) in [6.07, 6.45) is 12.7. The number of ketones is 1. The van der Waals surface area contributed by atoms with Gasteiger partial charge in [0.05, 0.1) is 6.54 Å². The molecule has 0 radical (unpaired) electrons. The van der Waals surface area contributed by atoms with Crippen LogP contribution in [0.2, 0.25) is 0 Å². The Morgan fingerprint density at radius 2 is 1.46 bits per heavy atom. The number of likely N-dealkylation sites (tertiary alicyclic amines) is 1. The summed E-state index contributed by atoms with van der Waals surface area (Å²) in [4.78, 5) is 24.8. The third-order valence-electron chi connectivity index (χ3n) is 4.70. The first-order valence-electron chi connectivity index (χ1n) is 9.64. The first-order valence-corrected chi connectivity index (χ1v) is 9.64. The molecule has 0 bridgehead atoms. The number of aliphatic hydroxyl groups is 1. The molecule has 0 aromatic heterocycles. The Kier molecular flexibility index (Phi) is 9.73. The van der Waals surface area contributed by atoms with Crippen molar-refractivity contribution in [3.8, 4) is 0 Å². The number of Topliss-reactive ketones (excluding diaryl/α,β-unsaturated/α-hetero) is 1. The molecule has 0 spiro atoms. The van der Waals surface area contributed by atoms with Crippen LogP contribution in [0, 0.1) is 5.92 Å². The Hall–Kier alpha value is -1.32. The van der Waals surface area contributed by atoms with Crippen molar-refractivity contribution in [2.24, 2.45) is 5.92 Å². The number of rotatable bonds is 12. The second kappa shape index (κ2) is 11.3. The summed E-state index contributed by atoms with van der Waals surface area (Å²) in [7, 11) is 1.59. The number of allylic oxidation sites excluding steroid dienone is 1. The molecule has 0 aromatic carbocycles. The van der Waals surface area contributed by atoms with Crippen LogP contribution in [0.3, 0.4) is 0 Å². The van der Waals surface area contributed by atoms with Gasteiger partial charge in [0.15, 0.2) is 5.78 Å². The topological polar surface area (TPSA) is 57.6 Å². The fourth-order valence-corrected chi connectivity index (χ4v) is 3.17. The van der Waals surface area contributed by atoms with Crippen molar-refractivity contribution in [1.29, 1.82) is 0 Å². The Morgan fingerprint density at radius 1 is 0.958 bits per heavy atom. The lowest BCUT2D eigenvalue weighted by Crippen LogP contribution is -2.19. The number of hydrogen-bond acceptors (Lipinski definition) is 3. The molecule has 24 heavy (non-hydrogen) atoms. The van der Waals surface area contributed by atoms with Gasteiger partial charge in [-0.3, -0.25) is 9.59 Å². The van der Waals surface area contributed by atoms with Gasteiger partial charge in [-0.1, -0.05) is 71.6 Å². The minimum Gasteiger partial charge on any atom is -0.511 e. The van der Waals surface area contributed by atoms with Gasteiger partial charge in [0, 0.05) is 13.5 Å². The van der Waals surface area contributed by atoms with E-state index >= 15 is 0 Å². The lowest BCUT2D eigenvalue weighted by atomic mass is 10.0. The highest BCUT2D eigenvalue weighted by atomic mass is 16.3. The van der Waals surface area contributed by atoms with Gasteiger partial charge >= 0.3 is 0 Å². The number of hydrogen-bond donors (Lipinski definition) is 1. The van der Waals surface area contributed by atoms with Gasteiger partial charge < -0.3 is 10.0 Å². The fraction of sp³-hybridized carbons (Fsp3) is 0.800. The smallest absolute Gasteiger partial charge is 0.261 e. The summed E-state index contributed by atoms with van der Waals surface area (Å²) in [5.41, 5.74) is 0.0129. The van der Waals surface area contributed by atoms with Gasteiger partial charge in [0.2, 0.25) is 0 Å². The summed E-state index contributed by atoms with van der Waals surface area (Å²) in [6, 6.07) is 0. The van der Waals surface area contributed by atoms with Gasteiger partial charge in [0.25, 0.3) is 5.91 Å². The molecule has 1 aliphatic heterocycles. The molecule has 138 valence electrons. The Morgan fingerprint density at radius 3 is 1.92 bits per heavy atom. The van der Waals surface area contributed by atoms with Crippen LogP contribution in [0.4, 0.5) is 0 Å². The Labute approximate surface area is 147 Å². The molecule has 1 fully saturated rings. The van der Waals surface area contributed by atoms with E-state index in [0.717, 1.165) is 25.2 Å². The van der Waals surface area contributed by atoms with Crippen LogP contribution in [-0.4, -0.2) is 35.3 Å². The van der Waals surface area contributed by atoms with Crippen molar-refractivity contribution < 1.29 is 14.7 Å². The maximum absolute atomic E-state index is 11.8. The fourth-order valence-electron chi connectivity index (χ4n) is 3.17. The van der Waals surface area contributed by atoms with Gasteiger partial charge in [0.1, 0.15) is 11.3 Å². The van der Waals surface area contributed by atoms with E-state index in [1.165, 1.54) is 49.8 Å². The molecule has 1 saturated heterocycles. The molecule has 0 atom stereocenters. The zero-order valence-electron chi connectivity index (χ0n) is 15.8. The predicted molar refractivity (Wildman–Crippen MR) is 97.9 cm³/mol. The molecule has 0 aromatic rings. The molecule has 0 aliphatic carbocycles. The maximum atomic E-state index is 11.8. The number of aliphatic hydroxyl groups excluding tert-OH is 1. The lowest BCUT2D eigenvalue weighted by Gasteiger charge is -2.06. The van der Waals surface area contributed by atoms with Gasteiger partial charge in [-0.05, 0) is 12.3 Å². The van der Waals surface area contributed by atoms with E-state index in [0.29, 0.717) is 6.42 Å². The molecule has 1 rings (SSSR count). The monoisotopic (exact) mass is 337 g/mol.